The second kappa shape index (κ2) is 7.45. The highest BCUT2D eigenvalue weighted by molar-refractivity contribution is 5.83. The van der Waals surface area contributed by atoms with Crippen molar-refractivity contribution < 1.29 is 19.1 Å². The lowest BCUT2D eigenvalue weighted by atomic mass is 9.95. The summed E-state index contributed by atoms with van der Waals surface area (Å²) in [6.07, 6.45) is 1.19. The lowest BCUT2D eigenvalue weighted by molar-refractivity contribution is -0.145. The van der Waals surface area contributed by atoms with Crippen molar-refractivity contribution in [2.75, 3.05) is 33.9 Å². The molecule has 0 bridgehead atoms. The number of methoxy groups -OCH3 is 2. The molecule has 1 rings (SSSR count). The van der Waals surface area contributed by atoms with Gasteiger partial charge in [0.2, 0.25) is 5.91 Å². The Balaban J connectivity index is 2.58. The molecule has 1 saturated heterocycles. The van der Waals surface area contributed by atoms with Gasteiger partial charge in [0.25, 0.3) is 0 Å². The smallest absolute Gasteiger partial charge is 0.329 e. The minimum absolute atomic E-state index is 0.171. The predicted molar refractivity (Wildman–Crippen MR) is 70.6 cm³/mol. The van der Waals surface area contributed by atoms with E-state index in [1.54, 1.807) is 7.11 Å². The monoisotopic (exact) mass is 272 g/mol. The van der Waals surface area contributed by atoms with Crippen molar-refractivity contribution in [2.45, 2.75) is 32.4 Å². The summed E-state index contributed by atoms with van der Waals surface area (Å²) in [5, 5.41) is 2.63. The van der Waals surface area contributed by atoms with E-state index in [2.05, 4.69) is 17.1 Å². The van der Waals surface area contributed by atoms with E-state index >= 15 is 0 Å². The molecule has 6 heteroatoms. The Morgan fingerprint density at radius 3 is 2.63 bits per heavy atom. The van der Waals surface area contributed by atoms with Crippen LogP contribution in [-0.4, -0.2) is 62.8 Å². The highest BCUT2D eigenvalue weighted by atomic mass is 16.5. The summed E-state index contributed by atoms with van der Waals surface area (Å²) in [5.41, 5.74) is 0. The van der Waals surface area contributed by atoms with Gasteiger partial charge in [0.1, 0.15) is 6.04 Å². The maximum Gasteiger partial charge on any atom is 0.329 e. The van der Waals surface area contributed by atoms with Crippen LogP contribution in [0.4, 0.5) is 0 Å². The SMILES string of the molecule is COC(=O)C(CN1CCC(C)C(OC)C1)NC(C)=O. The molecule has 3 unspecified atom stereocenters. The molecule has 19 heavy (non-hydrogen) atoms. The number of rotatable bonds is 5. The van der Waals surface area contributed by atoms with Crippen LogP contribution in [0.25, 0.3) is 0 Å². The number of nitrogens with one attached hydrogen (secondary N) is 1. The number of carbonyl (C=O) groups excluding carboxylic acids is 2. The zero-order chi connectivity index (χ0) is 14.4. The van der Waals surface area contributed by atoms with E-state index in [1.807, 2.05) is 0 Å². The fourth-order valence-electron chi connectivity index (χ4n) is 2.40. The molecule has 1 amide bonds. The maximum atomic E-state index is 11.6. The first-order chi connectivity index (χ1) is 8.97. The van der Waals surface area contributed by atoms with Crippen molar-refractivity contribution in [3.63, 3.8) is 0 Å². The summed E-state index contributed by atoms with van der Waals surface area (Å²) in [4.78, 5) is 24.9. The van der Waals surface area contributed by atoms with Crippen molar-refractivity contribution in [1.29, 1.82) is 0 Å². The second-order valence-corrected chi connectivity index (χ2v) is 5.08. The van der Waals surface area contributed by atoms with Crippen molar-refractivity contribution in [3.8, 4) is 0 Å². The Morgan fingerprint density at radius 1 is 1.42 bits per heavy atom. The molecule has 0 aliphatic carbocycles. The highest BCUT2D eigenvalue weighted by Crippen LogP contribution is 2.19. The van der Waals surface area contributed by atoms with Gasteiger partial charge < -0.3 is 14.8 Å². The van der Waals surface area contributed by atoms with Gasteiger partial charge in [-0.3, -0.25) is 9.69 Å². The average molecular weight is 272 g/mol. The number of likely N-dealkylation sites (tertiary alicyclic amines) is 1. The summed E-state index contributed by atoms with van der Waals surface area (Å²) < 4.78 is 10.2. The summed E-state index contributed by atoms with van der Waals surface area (Å²) in [6, 6.07) is -0.617. The topological polar surface area (TPSA) is 67.9 Å². The quantitative estimate of drug-likeness (QED) is 0.715. The van der Waals surface area contributed by atoms with Gasteiger partial charge in [-0.2, -0.15) is 0 Å². The number of ether oxygens (including phenoxy) is 2. The summed E-state index contributed by atoms with van der Waals surface area (Å²) in [7, 11) is 3.03. The van der Waals surface area contributed by atoms with Crippen LogP contribution in [0, 0.1) is 5.92 Å². The Morgan fingerprint density at radius 2 is 2.11 bits per heavy atom. The van der Waals surface area contributed by atoms with Crippen LogP contribution < -0.4 is 5.32 Å². The first-order valence-electron chi connectivity index (χ1n) is 6.58. The third-order valence-electron chi connectivity index (χ3n) is 3.58. The number of esters is 1. The van der Waals surface area contributed by atoms with E-state index in [9.17, 15) is 9.59 Å². The number of hydrogen-bond acceptors (Lipinski definition) is 5. The van der Waals surface area contributed by atoms with E-state index in [4.69, 9.17) is 9.47 Å². The molecule has 110 valence electrons. The van der Waals surface area contributed by atoms with Crippen LogP contribution in [0.2, 0.25) is 0 Å². The normalized spacial score (nSPS) is 25.7. The molecule has 1 fully saturated rings. The molecule has 0 aromatic carbocycles. The first kappa shape index (κ1) is 15.9. The van der Waals surface area contributed by atoms with Crippen LogP contribution in [0.1, 0.15) is 20.3 Å². The standard InChI is InChI=1S/C13H24N2O4/c1-9-5-6-15(8-12(9)18-3)7-11(13(17)19-4)14-10(2)16/h9,11-12H,5-8H2,1-4H3,(H,14,16). The molecule has 0 aromatic rings. The minimum atomic E-state index is -0.617. The van der Waals surface area contributed by atoms with Gasteiger partial charge in [-0.15, -0.1) is 0 Å². The summed E-state index contributed by atoms with van der Waals surface area (Å²) in [5.74, 6) is -0.134. The van der Waals surface area contributed by atoms with Crippen molar-refractivity contribution in [3.05, 3.63) is 0 Å². The predicted octanol–water partition coefficient (Wildman–Crippen LogP) is 0.0209. The lowest BCUT2D eigenvalue weighted by Gasteiger charge is -2.37. The molecule has 1 heterocycles. The molecule has 1 aliphatic rings. The van der Waals surface area contributed by atoms with Gasteiger partial charge >= 0.3 is 5.97 Å². The van der Waals surface area contributed by atoms with Gasteiger partial charge in [-0.05, 0) is 18.9 Å². The van der Waals surface area contributed by atoms with Crippen LogP contribution in [0.3, 0.4) is 0 Å². The van der Waals surface area contributed by atoms with Gasteiger partial charge in [-0.1, -0.05) is 6.92 Å². The third kappa shape index (κ3) is 4.80. The summed E-state index contributed by atoms with van der Waals surface area (Å²) >= 11 is 0. The number of piperidine rings is 1. The highest BCUT2D eigenvalue weighted by Gasteiger charge is 2.30. The van der Waals surface area contributed by atoms with Gasteiger partial charge in [0, 0.05) is 27.1 Å². The molecule has 3 atom stereocenters. The Labute approximate surface area is 114 Å². The minimum Gasteiger partial charge on any atom is -0.467 e. The fourth-order valence-corrected chi connectivity index (χ4v) is 2.40. The maximum absolute atomic E-state index is 11.6. The number of nitrogens with zero attached hydrogens (tertiary/aromatic N) is 1. The number of hydrogen-bond donors (Lipinski definition) is 1. The molecule has 1 aliphatic heterocycles. The van der Waals surface area contributed by atoms with Crippen LogP contribution in [-0.2, 0) is 19.1 Å². The zero-order valence-corrected chi connectivity index (χ0v) is 12.1. The van der Waals surface area contributed by atoms with Crippen LogP contribution >= 0.6 is 0 Å². The molecular formula is C13H24N2O4. The van der Waals surface area contributed by atoms with Crippen LogP contribution in [0.15, 0.2) is 0 Å². The Hall–Kier alpha value is -1.14. The molecule has 6 nitrogen and oxygen atoms in total. The second-order valence-electron chi connectivity index (χ2n) is 5.08. The van der Waals surface area contributed by atoms with Crippen LogP contribution in [0.5, 0.6) is 0 Å². The van der Waals surface area contributed by atoms with E-state index in [1.165, 1.54) is 14.0 Å². The number of amides is 1. The molecule has 0 radical (unpaired) electrons. The van der Waals surface area contributed by atoms with E-state index < -0.39 is 12.0 Å². The van der Waals surface area contributed by atoms with E-state index in [0.717, 1.165) is 19.5 Å². The zero-order valence-electron chi connectivity index (χ0n) is 12.1. The Kier molecular flexibility index (Phi) is 6.24. The molecule has 1 N–H and O–H groups in total. The Bertz CT molecular complexity index is 322. The molecule has 0 aromatic heterocycles. The molecule has 0 spiro atoms. The fraction of sp³-hybridized carbons (Fsp3) is 0.846. The molecular weight excluding hydrogens is 248 g/mol. The van der Waals surface area contributed by atoms with Gasteiger partial charge in [-0.25, -0.2) is 4.79 Å². The summed E-state index contributed by atoms with van der Waals surface area (Å²) in [6.45, 7) is 5.68. The van der Waals surface area contributed by atoms with E-state index in [-0.39, 0.29) is 12.0 Å². The van der Waals surface area contributed by atoms with Crippen molar-refractivity contribution in [1.82, 2.24) is 10.2 Å². The average Bonchev–Trinajstić information content (AvgIpc) is 2.38. The first-order valence-corrected chi connectivity index (χ1v) is 6.58. The molecule has 0 saturated carbocycles. The van der Waals surface area contributed by atoms with Gasteiger partial charge in [0.05, 0.1) is 13.2 Å². The largest absolute Gasteiger partial charge is 0.467 e. The third-order valence-corrected chi connectivity index (χ3v) is 3.58. The van der Waals surface area contributed by atoms with E-state index in [0.29, 0.717) is 12.5 Å². The lowest BCUT2D eigenvalue weighted by Crippen LogP contribution is -2.52. The van der Waals surface area contributed by atoms with Gasteiger partial charge in [0.15, 0.2) is 0 Å². The van der Waals surface area contributed by atoms with Crippen molar-refractivity contribution in [2.24, 2.45) is 5.92 Å². The van der Waals surface area contributed by atoms with Crippen molar-refractivity contribution >= 4 is 11.9 Å². The number of carbonyl (C=O) groups is 2.